The summed E-state index contributed by atoms with van der Waals surface area (Å²) in [4.78, 5) is 26.9. The summed E-state index contributed by atoms with van der Waals surface area (Å²) in [6, 6.07) is 24.5. The zero-order valence-electron chi connectivity index (χ0n) is 16.2. The fraction of sp³-hybridized carbons (Fsp3) is 0.167. The molecule has 1 atom stereocenters. The van der Waals surface area contributed by atoms with Crippen LogP contribution in [0.1, 0.15) is 22.8 Å². The van der Waals surface area contributed by atoms with Crippen LogP contribution in [-0.2, 0) is 11.2 Å². The number of amides is 2. The first-order valence-corrected chi connectivity index (χ1v) is 9.64. The standard InChI is InChI=1S/C24H22N2O3/c1-17-24(28)26(15-14-18-8-4-2-5-9-18)21-13-12-20(16-22(21)29-17)25-23(27)19-10-6-3-7-11-19/h2-13,16-17H,14-15H2,1H3,(H,25,27). The first-order valence-electron chi connectivity index (χ1n) is 9.64. The monoisotopic (exact) mass is 386 g/mol. The topological polar surface area (TPSA) is 58.6 Å². The minimum atomic E-state index is -0.571. The first-order chi connectivity index (χ1) is 14.1. The molecule has 1 aliphatic heterocycles. The van der Waals surface area contributed by atoms with Crippen molar-refractivity contribution in [3.63, 3.8) is 0 Å². The lowest BCUT2D eigenvalue weighted by Gasteiger charge is -2.33. The van der Waals surface area contributed by atoms with Crippen LogP contribution >= 0.6 is 0 Å². The fourth-order valence-corrected chi connectivity index (χ4v) is 3.40. The SMILES string of the molecule is CC1Oc2cc(NC(=O)c3ccccc3)ccc2N(CCc2ccccc2)C1=O. The summed E-state index contributed by atoms with van der Waals surface area (Å²) in [7, 11) is 0. The second kappa shape index (κ2) is 8.19. The van der Waals surface area contributed by atoms with Gasteiger partial charge in [0.25, 0.3) is 11.8 Å². The van der Waals surface area contributed by atoms with Crippen LogP contribution in [0.4, 0.5) is 11.4 Å². The van der Waals surface area contributed by atoms with E-state index in [1.807, 2.05) is 42.5 Å². The van der Waals surface area contributed by atoms with E-state index >= 15 is 0 Å². The number of anilines is 2. The number of rotatable bonds is 5. The van der Waals surface area contributed by atoms with Crippen LogP contribution in [-0.4, -0.2) is 24.5 Å². The highest BCUT2D eigenvalue weighted by molar-refractivity contribution is 6.05. The zero-order valence-corrected chi connectivity index (χ0v) is 16.2. The van der Waals surface area contributed by atoms with Crippen LogP contribution in [0, 0.1) is 0 Å². The number of carbonyl (C=O) groups is 2. The van der Waals surface area contributed by atoms with E-state index in [1.54, 1.807) is 36.1 Å². The Morgan fingerprint density at radius 3 is 2.41 bits per heavy atom. The molecule has 0 saturated heterocycles. The lowest BCUT2D eigenvalue weighted by molar-refractivity contribution is -0.125. The molecule has 1 aliphatic rings. The summed E-state index contributed by atoms with van der Waals surface area (Å²) in [5, 5.41) is 2.88. The van der Waals surface area contributed by atoms with Crippen LogP contribution in [0.15, 0.2) is 78.9 Å². The minimum absolute atomic E-state index is 0.0606. The Hall–Kier alpha value is -3.60. The second-order valence-electron chi connectivity index (χ2n) is 6.99. The molecular weight excluding hydrogens is 364 g/mol. The Morgan fingerprint density at radius 1 is 1.00 bits per heavy atom. The molecule has 3 aromatic rings. The van der Waals surface area contributed by atoms with Crippen molar-refractivity contribution in [2.75, 3.05) is 16.8 Å². The third kappa shape index (κ3) is 4.14. The molecule has 0 aromatic heterocycles. The van der Waals surface area contributed by atoms with E-state index < -0.39 is 6.10 Å². The van der Waals surface area contributed by atoms with Crippen LogP contribution in [0.3, 0.4) is 0 Å². The van der Waals surface area contributed by atoms with Gasteiger partial charge < -0.3 is 15.0 Å². The molecule has 29 heavy (non-hydrogen) atoms. The molecule has 5 nitrogen and oxygen atoms in total. The number of nitrogens with zero attached hydrogens (tertiary/aromatic N) is 1. The van der Waals surface area contributed by atoms with Gasteiger partial charge in [-0.3, -0.25) is 9.59 Å². The van der Waals surface area contributed by atoms with Crippen LogP contribution in [0.2, 0.25) is 0 Å². The predicted octanol–water partition coefficient (Wildman–Crippen LogP) is 4.30. The van der Waals surface area contributed by atoms with Crippen LogP contribution < -0.4 is 15.0 Å². The molecule has 5 heteroatoms. The maximum absolute atomic E-state index is 12.7. The molecule has 3 aromatic carbocycles. The molecule has 0 saturated carbocycles. The highest BCUT2D eigenvalue weighted by Crippen LogP contribution is 2.36. The number of hydrogen-bond donors (Lipinski definition) is 1. The number of hydrogen-bond acceptors (Lipinski definition) is 3. The summed E-state index contributed by atoms with van der Waals surface area (Å²) >= 11 is 0. The van der Waals surface area contributed by atoms with E-state index in [1.165, 1.54) is 5.56 Å². The highest BCUT2D eigenvalue weighted by atomic mass is 16.5. The van der Waals surface area contributed by atoms with E-state index in [0.29, 0.717) is 23.5 Å². The Bertz CT molecular complexity index is 1020. The molecule has 0 spiro atoms. The molecule has 1 unspecified atom stereocenters. The lowest BCUT2D eigenvalue weighted by atomic mass is 10.1. The number of ether oxygens (including phenoxy) is 1. The van der Waals surface area contributed by atoms with Gasteiger partial charge >= 0.3 is 0 Å². The summed E-state index contributed by atoms with van der Waals surface area (Å²) in [6.45, 7) is 2.31. The molecule has 0 aliphatic carbocycles. The van der Waals surface area contributed by atoms with Crippen molar-refractivity contribution in [2.45, 2.75) is 19.4 Å². The van der Waals surface area contributed by atoms with Gasteiger partial charge in [0.1, 0.15) is 5.75 Å². The van der Waals surface area contributed by atoms with E-state index in [-0.39, 0.29) is 11.8 Å². The average Bonchev–Trinajstić information content (AvgIpc) is 2.75. The van der Waals surface area contributed by atoms with E-state index in [4.69, 9.17) is 4.74 Å². The average molecular weight is 386 g/mol. The van der Waals surface area contributed by atoms with Crippen molar-refractivity contribution in [3.05, 3.63) is 90.0 Å². The van der Waals surface area contributed by atoms with Gasteiger partial charge in [-0.25, -0.2) is 0 Å². The van der Waals surface area contributed by atoms with Crippen molar-refractivity contribution in [2.24, 2.45) is 0 Å². The van der Waals surface area contributed by atoms with Gasteiger partial charge in [-0.2, -0.15) is 0 Å². The summed E-state index contributed by atoms with van der Waals surface area (Å²) in [6.07, 6.45) is 0.184. The van der Waals surface area contributed by atoms with Crippen molar-refractivity contribution < 1.29 is 14.3 Å². The zero-order chi connectivity index (χ0) is 20.2. The molecule has 146 valence electrons. The van der Waals surface area contributed by atoms with Crippen molar-refractivity contribution >= 4 is 23.2 Å². The molecule has 0 bridgehead atoms. The number of nitrogens with one attached hydrogen (secondary N) is 1. The summed E-state index contributed by atoms with van der Waals surface area (Å²) in [5.74, 6) is 0.344. The van der Waals surface area contributed by atoms with Crippen molar-refractivity contribution in [1.82, 2.24) is 0 Å². The molecule has 2 amide bonds. The molecule has 4 rings (SSSR count). The number of carbonyl (C=O) groups excluding carboxylic acids is 2. The largest absolute Gasteiger partial charge is 0.479 e. The van der Waals surface area contributed by atoms with Gasteiger partial charge in [0.15, 0.2) is 6.10 Å². The minimum Gasteiger partial charge on any atom is -0.479 e. The maximum Gasteiger partial charge on any atom is 0.267 e. The highest BCUT2D eigenvalue weighted by Gasteiger charge is 2.31. The van der Waals surface area contributed by atoms with Gasteiger partial charge in [-0.1, -0.05) is 48.5 Å². The molecule has 1 N–H and O–H groups in total. The maximum atomic E-state index is 12.7. The Kier molecular flexibility index (Phi) is 5.29. The normalized spacial score (nSPS) is 15.4. The van der Waals surface area contributed by atoms with Crippen LogP contribution in [0.5, 0.6) is 5.75 Å². The Morgan fingerprint density at radius 2 is 1.69 bits per heavy atom. The van der Waals surface area contributed by atoms with Gasteiger partial charge in [0.2, 0.25) is 0 Å². The third-order valence-corrected chi connectivity index (χ3v) is 4.93. The van der Waals surface area contributed by atoms with E-state index in [9.17, 15) is 9.59 Å². The second-order valence-corrected chi connectivity index (χ2v) is 6.99. The predicted molar refractivity (Wildman–Crippen MR) is 113 cm³/mol. The van der Waals surface area contributed by atoms with Gasteiger partial charge in [0.05, 0.1) is 5.69 Å². The Labute approximate surface area is 169 Å². The molecule has 0 radical (unpaired) electrons. The molecule has 0 fully saturated rings. The van der Waals surface area contributed by atoms with E-state index in [2.05, 4.69) is 17.4 Å². The molecule has 1 heterocycles. The van der Waals surface area contributed by atoms with Gasteiger partial charge in [-0.15, -0.1) is 0 Å². The number of benzene rings is 3. The van der Waals surface area contributed by atoms with Gasteiger partial charge in [-0.05, 0) is 43.2 Å². The number of fused-ring (bicyclic) bond motifs is 1. The summed E-state index contributed by atoms with van der Waals surface area (Å²) in [5.41, 5.74) is 3.11. The van der Waals surface area contributed by atoms with Crippen molar-refractivity contribution in [3.8, 4) is 5.75 Å². The fourth-order valence-electron chi connectivity index (χ4n) is 3.40. The Balaban J connectivity index is 1.54. The van der Waals surface area contributed by atoms with E-state index in [0.717, 1.165) is 12.1 Å². The van der Waals surface area contributed by atoms with Gasteiger partial charge in [0, 0.05) is 23.9 Å². The quantitative estimate of drug-likeness (QED) is 0.711. The van der Waals surface area contributed by atoms with Crippen molar-refractivity contribution in [1.29, 1.82) is 0 Å². The lowest BCUT2D eigenvalue weighted by Crippen LogP contribution is -2.45. The first kappa shape index (κ1) is 18.7. The van der Waals surface area contributed by atoms with Crippen LogP contribution in [0.25, 0.3) is 0 Å². The third-order valence-electron chi connectivity index (χ3n) is 4.93. The molecular formula is C24H22N2O3. The summed E-state index contributed by atoms with van der Waals surface area (Å²) < 4.78 is 5.81. The smallest absolute Gasteiger partial charge is 0.267 e.